The highest BCUT2D eigenvalue weighted by Gasteiger charge is 2.15. The molecule has 0 aliphatic rings. The van der Waals surface area contributed by atoms with E-state index in [-0.39, 0.29) is 23.1 Å². The molecule has 0 fully saturated rings. The summed E-state index contributed by atoms with van der Waals surface area (Å²) in [5, 5.41) is 2.59. The molecule has 5 N–H and O–H groups in total. The Kier molecular flexibility index (Phi) is 6.84. The van der Waals surface area contributed by atoms with Gasteiger partial charge in [0.25, 0.3) is 0 Å². The molecule has 1 amide bonds. The topological polar surface area (TPSA) is 138 Å². The number of benzene rings is 1. The predicted octanol–water partition coefficient (Wildman–Crippen LogP) is 0.991. The zero-order chi connectivity index (χ0) is 19.1. The van der Waals surface area contributed by atoms with Crippen LogP contribution in [0.3, 0.4) is 0 Å². The number of carbonyl (C=O) groups excluding carboxylic acids is 1. The molecule has 1 aromatic heterocycles. The van der Waals surface area contributed by atoms with Gasteiger partial charge in [0, 0.05) is 6.54 Å². The number of carbonyl (C=O) groups is 1. The molecule has 26 heavy (non-hydrogen) atoms. The first-order valence-electron chi connectivity index (χ1n) is 7.79. The average Bonchev–Trinajstić information content (AvgIpc) is 2.63. The molecule has 9 nitrogen and oxygen atoms in total. The van der Waals surface area contributed by atoms with Crippen LogP contribution >= 0.6 is 11.8 Å². The molecule has 1 aromatic carbocycles. The highest BCUT2D eigenvalue weighted by atomic mass is 32.2. The Balaban J connectivity index is 1.87. The lowest BCUT2D eigenvalue weighted by atomic mass is 10.2. The van der Waals surface area contributed by atoms with Gasteiger partial charge in [-0.15, -0.1) is 11.8 Å². The van der Waals surface area contributed by atoms with Gasteiger partial charge < -0.3 is 26.3 Å². The maximum atomic E-state index is 12.3. The van der Waals surface area contributed by atoms with Crippen molar-refractivity contribution >= 4 is 29.6 Å². The second kappa shape index (κ2) is 9.09. The van der Waals surface area contributed by atoms with E-state index in [2.05, 4.69) is 20.3 Å². The number of rotatable bonds is 8. The molecule has 1 atom stereocenters. The van der Waals surface area contributed by atoms with Crippen LogP contribution < -0.4 is 26.3 Å². The summed E-state index contributed by atoms with van der Waals surface area (Å²) in [5.74, 6) is 2.15. The van der Waals surface area contributed by atoms with Crippen molar-refractivity contribution in [3.05, 3.63) is 29.6 Å². The zero-order valence-corrected chi connectivity index (χ0v) is 15.7. The van der Waals surface area contributed by atoms with E-state index in [1.165, 1.54) is 11.8 Å². The Morgan fingerprint density at radius 3 is 2.42 bits per heavy atom. The molecule has 1 heterocycles. The first-order chi connectivity index (χ1) is 12.4. The molecule has 0 radical (unpaired) electrons. The van der Waals surface area contributed by atoms with Crippen LogP contribution in [0.2, 0.25) is 0 Å². The van der Waals surface area contributed by atoms with E-state index in [0.29, 0.717) is 29.6 Å². The Morgan fingerprint density at radius 2 is 1.81 bits per heavy atom. The minimum absolute atomic E-state index is 0.0682. The number of nitrogen functional groups attached to an aromatic ring is 2. The summed E-state index contributed by atoms with van der Waals surface area (Å²) in [6, 6.07) is 5.50. The molecule has 0 aliphatic heterocycles. The predicted molar refractivity (Wildman–Crippen MR) is 101 cm³/mol. The minimum Gasteiger partial charge on any atom is -0.493 e. The van der Waals surface area contributed by atoms with Gasteiger partial charge in [-0.1, -0.05) is 6.07 Å². The maximum absolute atomic E-state index is 12.3. The molecule has 0 saturated heterocycles. The lowest BCUT2D eigenvalue weighted by Gasteiger charge is -2.13. The number of methoxy groups -OCH3 is 2. The van der Waals surface area contributed by atoms with Crippen molar-refractivity contribution in [2.24, 2.45) is 0 Å². The number of aromatic nitrogens is 3. The van der Waals surface area contributed by atoms with Gasteiger partial charge >= 0.3 is 0 Å². The van der Waals surface area contributed by atoms with Crippen molar-refractivity contribution in [3.63, 3.8) is 0 Å². The van der Waals surface area contributed by atoms with Gasteiger partial charge in [-0.3, -0.25) is 4.79 Å². The van der Waals surface area contributed by atoms with Crippen molar-refractivity contribution in [2.75, 3.05) is 25.7 Å². The van der Waals surface area contributed by atoms with Gasteiger partial charge in [0.05, 0.1) is 25.2 Å². The van der Waals surface area contributed by atoms with Crippen LogP contribution in [0.25, 0.3) is 0 Å². The molecule has 2 aromatic rings. The summed E-state index contributed by atoms with van der Waals surface area (Å²) in [6.07, 6.45) is 0. The van der Waals surface area contributed by atoms with Crippen LogP contribution in [0.1, 0.15) is 18.3 Å². The van der Waals surface area contributed by atoms with Gasteiger partial charge in [-0.05, 0) is 24.6 Å². The SMILES string of the molecule is COc1ccc(CNC(=O)[C@@H](C)SCc2nc(N)nc(N)n2)cc1OC. The first kappa shape index (κ1) is 19.6. The quantitative estimate of drug-likeness (QED) is 0.613. The van der Waals surface area contributed by atoms with E-state index in [1.807, 2.05) is 19.1 Å². The Bertz CT molecular complexity index is 753. The van der Waals surface area contributed by atoms with E-state index in [9.17, 15) is 4.79 Å². The van der Waals surface area contributed by atoms with Crippen LogP contribution in [0.5, 0.6) is 11.5 Å². The van der Waals surface area contributed by atoms with Crippen LogP contribution in [0.15, 0.2) is 18.2 Å². The largest absolute Gasteiger partial charge is 0.493 e. The standard InChI is InChI=1S/C16H22N6O3S/c1-9(26-8-13-20-15(17)22-16(18)21-13)14(23)19-7-10-4-5-11(24-2)12(6-10)25-3/h4-6,9H,7-8H2,1-3H3,(H,19,23)(H4,17,18,20,21,22)/t9-/m1/s1. The summed E-state index contributed by atoms with van der Waals surface area (Å²) in [5.41, 5.74) is 12.0. The number of thioether (sulfide) groups is 1. The summed E-state index contributed by atoms with van der Waals surface area (Å²) in [6.45, 7) is 2.19. The van der Waals surface area contributed by atoms with E-state index in [1.54, 1.807) is 20.3 Å². The van der Waals surface area contributed by atoms with Crippen molar-refractivity contribution in [1.82, 2.24) is 20.3 Å². The monoisotopic (exact) mass is 378 g/mol. The van der Waals surface area contributed by atoms with Crippen LogP contribution in [0, 0.1) is 0 Å². The molecular formula is C16H22N6O3S. The number of ether oxygens (including phenoxy) is 2. The number of amides is 1. The number of nitrogens with two attached hydrogens (primary N) is 2. The molecule has 0 bridgehead atoms. The van der Waals surface area contributed by atoms with Crippen LogP contribution in [0.4, 0.5) is 11.9 Å². The normalized spacial score (nSPS) is 11.7. The molecule has 10 heteroatoms. The van der Waals surface area contributed by atoms with Crippen molar-refractivity contribution in [1.29, 1.82) is 0 Å². The van der Waals surface area contributed by atoms with Gasteiger partial charge in [-0.25, -0.2) is 0 Å². The summed E-state index contributed by atoms with van der Waals surface area (Å²) >= 11 is 1.38. The van der Waals surface area contributed by atoms with Crippen molar-refractivity contribution < 1.29 is 14.3 Å². The van der Waals surface area contributed by atoms with Gasteiger partial charge in [0.1, 0.15) is 5.82 Å². The second-order valence-corrected chi connectivity index (χ2v) is 6.66. The molecular weight excluding hydrogens is 356 g/mol. The van der Waals surface area contributed by atoms with Gasteiger partial charge in [0.2, 0.25) is 17.8 Å². The minimum atomic E-state index is -0.297. The van der Waals surface area contributed by atoms with Crippen molar-refractivity contribution in [2.45, 2.75) is 24.5 Å². The summed E-state index contributed by atoms with van der Waals surface area (Å²) in [4.78, 5) is 24.0. The number of nitrogens with one attached hydrogen (secondary N) is 1. The average molecular weight is 378 g/mol. The lowest BCUT2D eigenvalue weighted by Crippen LogP contribution is -2.30. The number of hydrogen-bond donors (Lipinski definition) is 3. The zero-order valence-electron chi connectivity index (χ0n) is 14.9. The van der Waals surface area contributed by atoms with E-state index in [4.69, 9.17) is 20.9 Å². The molecule has 0 spiro atoms. The Hall–Kier alpha value is -2.75. The van der Waals surface area contributed by atoms with Crippen molar-refractivity contribution in [3.8, 4) is 11.5 Å². The van der Waals surface area contributed by atoms with Gasteiger partial charge in [0.15, 0.2) is 11.5 Å². The third-order valence-electron chi connectivity index (χ3n) is 3.46. The fourth-order valence-electron chi connectivity index (χ4n) is 2.12. The summed E-state index contributed by atoms with van der Waals surface area (Å²) in [7, 11) is 3.14. The van der Waals surface area contributed by atoms with Crippen LogP contribution in [-0.4, -0.2) is 40.3 Å². The summed E-state index contributed by atoms with van der Waals surface area (Å²) < 4.78 is 10.5. The lowest BCUT2D eigenvalue weighted by molar-refractivity contribution is -0.120. The molecule has 0 aliphatic carbocycles. The number of nitrogens with zero attached hydrogens (tertiary/aromatic N) is 3. The molecule has 140 valence electrons. The fraction of sp³-hybridized carbons (Fsp3) is 0.375. The van der Waals surface area contributed by atoms with Gasteiger partial charge in [-0.2, -0.15) is 15.0 Å². The third kappa shape index (κ3) is 5.38. The second-order valence-electron chi connectivity index (χ2n) is 5.33. The smallest absolute Gasteiger partial charge is 0.233 e. The number of hydrogen-bond acceptors (Lipinski definition) is 9. The highest BCUT2D eigenvalue weighted by molar-refractivity contribution is 7.99. The molecule has 0 unspecified atom stereocenters. The van der Waals surface area contributed by atoms with E-state index < -0.39 is 0 Å². The van der Waals surface area contributed by atoms with E-state index >= 15 is 0 Å². The maximum Gasteiger partial charge on any atom is 0.233 e. The Labute approximate surface area is 155 Å². The molecule has 0 saturated carbocycles. The first-order valence-corrected chi connectivity index (χ1v) is 8.84. The fourth-order valence-corrected chi connectivity index (χ4v) is 2.88. The van der Waals surface area contributed by atoms with E-state index in [0.717, 1.165) is 5.56 Å². The number of anilines is 2. The highest BCUT2D eigenvalue weighted by Crippen LogP contribution is 2.27. The Morgan fingerprint density at radius 1 is 1.15 bits per heavy atom. The molecule has 2 rings (SSSR count). The van der Waals surface area contributed by atoms with Crippen LogP contribution in [-0.2, 0) is 17.1 Å². The third-order valence-corrected chi connectivity index (χ3v) is 4.60.